The minimum Gasteiger partial charge on any atom is -0.389 e. The van der Waals surface area contributed by atoms with Crippen LogP contribution < -0.4 is 0 Å². The number of nitrogens with zero attached hydrogens (tertiary/aromatic N) is 1. The topological polar surface area (TPSA) is 63.9 Å². The zero-order valence-electron chi connectivity index (χ0n) is 10.9. The average Bonchev–Trinajstić information content (AvgIpc) is 2.41. The van der Waals surface area contributed by atoms with E-state index in [-0.39, 0.29) is 11.9 Å². The Morgan fingerprint density at radius 1 is 1.16 bits per heavy atom. The highest BCUT2D eigenvalue weighted by atomic mass is 19.1. The SMILES string of the molecule is C[C@@H]1[C@@H](O)[C@H](O)[C@@H](O)CN1CCc1ccc(F)cc1. The fourth-order valence-electron chi connectivity index (χ4n) is 2.46. The van der Waals surface area contributed by atoms with Gasteiger partial charge in [-0.3, -0.25) is 4.90 Å². The van der Waals surface area contributed by atoms with Crippen LogP contribution in [0.2, 0.25) is 0 Å². The maximum Gasteiger partial charge on any atom is 0.123 e. The number of piperidine rings is 1. The summed E-state index contributed by atoms with van der Waals surface area (Å²) in [5.74, 6) is -0.260. The predicted molar refractivity (Wildman–Crippen MR) is 69.2 cm³/mol. The number of aliphatic hydroxyl groups is 3. The van der Waals surface area contributed by atoms with Crippen LogP contribution in [-0.2, 0) is 6.42 Å². The van der Waals surface area contributed by atoms with E-state index in [1.165, 1.54) is 12.1 Å². The highest BCUT2D eigenvalue weighted by Crippen LogP contribution is 2.19. The Kier molecular flexibility index (Phi) is 4.52. The van der Waals surface area contributed by atoms with E-state index in [4.69, 9.17) is 0 Å². The highest BCUT2D eigenvalue weighted by molar-refractivity contribution is 5.16. The fourth-order valence-corrected chi connectivity index (χ4v) is 2.46. The molecule has 3 N–H and O–H groups in total. The smallest absolute Gasteiger partial charge is 0.123 e. The summed E-state index contributed by atoms with van der Waals surface area (Å²) in [5, 5.41) is 29.1. The quantitative estimate of drug-likeness (QED) is 0.731. The van der Waals surface area contributed by atoms with Gasteiger partial charge in [0.1, 0.15) is 11.9 Å². The van der Waals surface area contributed by atoms with Gasteiger partial charge in [-0.05, 0) is 31.0 Å². The zero-order chi connectivity index (χ0) is 14.0. The molecule has 4 nitrogen and oxygen atoms in total. The number of likely N-dealkylation sites (tertiary alicyclic amines) is 1. The summed E-state index contributed by atoms with van der Waals surface area (Å²) in [6.45, 7) is 2.80. The molecule has 1 heterocycles. The fraction of sp³-hybridized carbons (Fsp3) is 0.571. The number of hydrogen-bond donors (Lipinski definition) is 3. The summed E-state index contributed by atoms with van der Waals surface area (Å²) in [7, 11) is 0. The number of hydrogen-bond acceptors (Lipinski definition) is 4. The summed E-state index contributed by atoms with van der Waals surface area (Å²) in [6.07, 6.45) is -2.26. The lowest BCUT2D eigenvalue weighted by Gasteiger charge is -2.42. The van der Waals surface area contributed by atoms with Crippen LogP contribution in [0.25, 0.3) is 0 Å². The van der Waals surface area contributed by atoms with Crippen LogP contribution in [0.4, 0.5) is 4.39 Å². The summed E-state index contributed by atoms with van der Waals surface area (Å²) in [4.78, 5) is 1.94. The van der Waals surface area contributed by atoms with Crippen LogP contribution in [0.15, 0.2) is 24.3 Å². The minimum atomic E-state index is -1.09. The molecule has 0 saturated carbocycles. The minimum absolute atomic E-state index is 0.209. The van der Waals surface area contributed by atoms with E-state index in [9.17, 15) is 19.7 Å². The summed E-state index contributed by atoms with van der Waals surface area (Å²) in [6, 6.07) is 6.08. The Morgan fingerprint density at radius 2 is 1.79 bits per heavy atom. The summed E-state index contributed by atoms with van der Waals surface area (Å²) in [5.41, 5.74) is 1.00. The van der Waals surface area contributed by atoms with Crippen molar-refractivity contribution in [2.45, 2.75) is 37.7 Å². The van der Waals surface area contributed by atoms with Crippen molar-refractivity contribution >= 4 is 0 Å². The zero-order valence-corrected chi connectivity index (χ0v) is 10.9. The molecule has 0 bridgehead atoms. The van der Waals surface area contributed by atoms with Crippen molar-refractivity contribution in [1.29, 1.82) is 0 Å². The van der Waals surface area contributed by atoms with E-state index in [1.807, 2.05) is 11.8 Å². The predicted octanol–water partition coefficient (Wildman–Crippen LogP) is 0.155. The van der Waals surface area contributed by atoms with Gasteiger partial charge in [0.15, 0.2) is 0 Å². The molecule has 19 heavy (non-hydrogen) atoms. The standard InChI is InChI=1S/C14H20FNO3/c1-9-13(18)14(19)12(17)8-16(9)7-6-10-2-4-11(15)5-3-10/h2-5,9,12-14,17-19H,6-8H2,1H3/t9-,12+,13-,14-/m1/s1. The van der Waals surface area contributed by atoms with E-state index in [2.05, 4.69) is 0 Å². The van der Waals surface area contributed by atoms with Crippen molar-refractivity contribution in [2.24, 2.45) is 0 Å². The Balaban J connectivity index is 1.93. The molecule has 0 radical (unpaired) electrons. The number of halogens is 1. The van der Waals surface area contributed by atoms with E-state index < -0.39 is 18.3 Å². The second-order valence-corrected chi connectivity index (χ2v) is 5.16. The van der Waals surface area contributed by atoms with Gasteiger partial charge in [-0.25, -0.2) is 4.39 Å². The van der Waals surface area contributed by atoms with Crippen molar-refractivity contribution in [3.8, 4) is 0 Å². The molecule has 0 aliphatic carbocycles. The number of β-amino-alcohol motifs (C(OH)–C–C–N with tert-alkyl or cyclic N) is 1. The van der Waals surface area contributed by atoms with Crippen molar-refractivity contribution in [1.82, 2.24) is 4.90 Å². The van der Waals surface area contributed by atoms with Gasteiger partial charge in [0.05, 0.1) is 12.2 Å². The first-order chi connectivity index (χ1) is 8.99. The molecule has 0 spiro atoms. The first-order valence-electron chi connectivity index (χ1n) is 6.51. The molecular formula is C14H20FNO3. The van der Waals surface area contributed by atoms with Gasteiger partial charge in [-0.15, -0.1) is 0 Å². The Labute approximate surface area is 112 Å². The van der Waals surface area contributed by atoms with Crippen molar-refractivity contribution in [3.63, 3.8) is 0 Å². The van der Waals surface area contributed by atoms with Gasteiger partial charge in [-0.1, -0.05) is 12.1 Å². The Bertz CT molecular complexity index is 412. The Hall–Kier alpha value is -1.01. The molecule has 0 aromatic heterocycles. The molecule has 1 aromatic carbocycles. The summed E-state index contributed by atoms with van der Waals surface area (Å²) < 4.78 is 12.8. The van der Waals surface area contributed by atoms with Crippen LogP contribution in [-0.4, -0.2) is 57.7 Å². The van der Waals surface area contributed by atoms with Gasteiger partial charge in [0, 0.05) is 19.1 Å². The molecule has 1 aliphatic heterocycles. The van der Waals surface area contributed by atoms with Gasteiger partial charge in [0.25, 0.3) is 0 Å². The normalized spacial score (nSPS) is 32.5. The monoisotopic (exact) mass is 269 g/mol. The largest absolute Gasteiger partial charge is 0.389 e. The lowest BCUT2D eigenvalue weighted by atomic mass is 9.94. The van der Waals surface area contributed by atoms with E-state index >= 15 is 0 Å². The molecule has 1 saturated heterocycles. The second kappa shape index (κ2) is 5.96. The average molecular weight is 269 g/mol. The van der Waals surface area contributed by atoms with Gasteiger partial charge in [-0.2, -0.15) is 0 Å². The van der Waals surface area contributed by atoms with Gasteiger partial charge >= 0.3 is 0 Å². The van der Waals surface area contributed by atoms with Gasteiger partial charge < -0.3 is 15.3 Å². The molecule has 1 fully saturated rings. The molecule has 0 amide bonds. The van der Waals surface area contributed by atoms with Gasteiger partial charge in [0.2, 0.25) is 0 Å². The van der Waals surface area contributed by atoms with Crippen LogP contribution in [0, 0.1) is 5.82 Å². The third-order valence-corrected chi connectivity index (χ3v) is 3.84. The van der Waals surface area contributed by atoms with Crippen LogP contribution >= 0.6 is 0 Å². The lowest BCUT2D eigenvalue weighted by Crippen LogP contribution is -2.60. The van der Waals surface area contributed by atoms with Crippen molar-refractivity contribution in [2.75, 3.05) is 13.1 Å². The van der Waals surface area contributed by atoms with Crippen molar-refractivity contribution < 1.29 is 19.7 Å². The summed E-state index contributed by atoms with van der Waals surface area (Å²) >= 11 is 0. The molecule has 1 aromatic rings. The van der Waals surface area contributed by atoms with Crippen LogP contribution in [0.3, 0.4) is 0 Å². The highest BCUT2D eigenvalue weighted by Gasteiger charge is 2.38. The second-order valence-electron chi connectivity index (χ2n) is 5.16. The number of rotatable bonds is 3. The van der Waals surface area contributed by atoms with Crippen LogP contribution in [0.1, 0.15) is 12.5 Å². The van der Waals surface area contributed by atoms with Crippen LogP contribution in [0.5, 0.6) is 0 Å². The molecule has 2 rings (SSSR count). The molecular weight excluding hydrogens is 249 g/mol. The first-order valence-corrected chi connectivity index (χ1v) is 6.51. The third kappa shape index (κ3) is 3.30. The van der Waals surface area contributed by atoms with E-state index in [1.54, 1.807) is 12.1 Å². The number of benzene rings is 1. The maximum atomic E-state index is 12.8. The van der Waals surface area contributed by atoms with E-state index in [0.717, 1.165) is 5.56 Å². The molecule has 1 aliphatic rings. The molecule has 106 valence electrons. The molecule has 0 unspecified atom stereocenters. The van der Waals surface area contributed by atoms with Crippen molar-refractivity contribution in [3.05, 3.63) is 35.6 Å². The first kappa shape index (κ1) is 14.4. The molecule has 4 atom stereocenters. The third-order valence-electron chi connectivity index (χ3n) is 3.84. The lowest BCUT2D eigenvalue weighted by molar-refractivity contribution is -0.132. The maximum absolute atomic E-state index is 12.8. The van der Waals surface area contributed by atoms with E-state index in [0.29, 0.717) is 19.5 Å². The molecule has 5 heteroatoms. The Morgan fingerprint density at radius 3 is 2.42 bits per heavy atom. The number of aliphatic hydroxyl groups excluding tert-OH is 3.